The third-order valence-corrected chi connectivity index (χ3v) is 11.5. The van der Waals surface area contributed by atoms with E-state index in [9.17, 15) is 38.7 Å². The lowest BCUT2D eigenvalue weighted by molar-refractivity contribution is -0.419. The number of nitrogens with zero attached hydrogens (tertiary/aromatic N) is 2. The van der Waals surface area contributed by atoms with Crippen LogP contribution in [0.1, 0.15) is 98.6 Å². The van der Waals surface area contributed by atoms with Gasteiger partial charge in [-0.05, 0) is 62.0 Å². The molecule has 0 bridgehead atoms. The number of quaternary nitrogens is 1. The van der Waals surface area contributed by atoms with E-state index in [0.717, 1.165) is 11.1 Å². The molecule has 4 rings (SSSR count). The molecule has 4 amide bonds. The second-order valence-corrected chi connectivity index (χ2v) is 16.6. The van der Waals surface area contributed by atoms with Crippen molar-refractivity contribution in [2.24, 2.45) is 23.7 Å². The Morgan fingerprint density at radius 2 is 1.51 bits per heavy atom. The first-order chi connectivity index (χ1) is 26.4. The molecule has 0 aromatic heterocycles. The summed E-state index contributed by atoms with van der Waals surface area (Å²) in [5.41, 5.74) is 5.67. The van der Waals surface area contributed by atoms with Crippen LogP contribution in [0.15, 0.2) is 24.3 Å². The van der Waals surface area contributed by atoms with Crippen molar-refractivity contribution in [3.8, 4) is 0 Å². The van der Waals surface area contributed by atoms with Crippen LogP contribution in [0.2, 0.25) is 0 Å². The van der Waals surface area contributed by atoms with E-state index in [2.05, 4.69) is 16.4 Å². The molecule has 1 aromatic rings. The molecule has 0 radical (unpaired) electrons. The second-order valence-electron chi connectivity index (χ2n) is 16.6. The standard InChI is InChI=1S/C41H61N5O10.ClH/c1-9-23(6)34-31(47)19-32(48)56-36(22(4)5)35(49)24(7)37(50)43-28(17-21(2)3)39(52)45-16-12-15-29(45)40(53)46-20-27-14-11-10-13-26(27)18-30(46)41(54)55-25(8)33(42)38(51)44-34;/h10-11,13-14,21-25,28-31,33-34,36,47H,9,12,15-20,42H2,1-8H3,(H,43,50)(H,44,51);1H/t23-,24-,25+,28-,29-,30-,31-,33-,34+,36-;/m0./s1. The highest BCUT2D eigenvalue weighted by Crippen LogP contribution is 2.30. The second kappa shape index (κ2) is 20.6. The van der Waals surface area contributed by atoms with Gasteiger partial charge in [0.05, 0.1) is 24.5 Å². The molecule has 318 valence electrons. The molecule has 10 atom stereocenters. The normalized spacial score (nSPS) is 30.7. The summed E-state index contributed by atoms with van der Waals surface area (Å²) < 4.78 is 11.5. The van der Waals surface area contributed by atoms with Gasteiger partial charge in [0.1, 0.15) is 18.1 Å². The Hall–Kier alpha value is -4.08. The molecule has 57 heavy (non-hydrogen) atoms. The van der Waals surface area contributed by atoms with Crippen LogP contribution in [-0.2, 0) is 56.0 Å². The number of Topliss-reactive ketones (excluding diaryl/α,β-unsaturated/α-hetero) is 1. The number of aliphatic hydroxyl groups excluding tert-OH is 1. The van der Waals surface area contributed by atoms with Crippen molar-refractivity contribution in [1.29, 1.82) is 0 Å². The number of nitrogens with one attached hydrogen (secondary N) is 2. The van der Waals surface area contributed by atoms with Crippen molar-refractivity contribution in [2.75, 3.05) is 6.54 Å². The van der Waals surface area contributed by atoms with Gasteiger partial charge in [0.2, 0.25) is 23.8 Å². The molecular weight excluding hydrogens is 758 g/mol. The predicted molar refractivity (Wildman–Crippen MR) is 204 cm³/mol. The number of carbonyl (C=O) groups is 7. The van der Waals surface area contributed by atoms with Crippen LogP contribution in [0.25, 0.3) is 0 Å². The van der Waals surface area contributed by atoms with Crippen molar-refractivity contribution in [1.82, 2.24) is 20.4 Å². The van der Waals surface area contributed by atoms with Gasteiger partial charge in [0.25, 0.3) is 5.91 Å². The monoisotopic (exact) mass is 819 g/mol. The summed E-state index contributed by atoms with van der Waals surface area (Å²) in [5.74, 6) is -6.81. The first-order valence-corrected chi connectivity index (χ1v) is 20.1. The molecule has 3 aliphatic heterocycles. The van der Waals surface area contributed by atoms with Crippen LogP contribution < -0.4 is 28.8 Å². The number of cyclic esters (lactones) is 2. The van der Waals surface area contributed by atoms with E-state index in [0.29, 0.717) is 19.3 Å². The van der Waals surface area contributed by atoms with Crippen molar-refractivity contribution in [3.05, 3.63) is 35.4 Å². The van der Waals surface area contributed by atoms with E-state index in [-0.39, 0.29) is 50.2 Å². The van der Waals surface area contributed by atoms with Gasteiger partial charge in [-0.25, -0.2) is 4.79 Å². The van der Waals surface area contributed by atoms with Crippen molar-refractivity contribution in [3.63, 3.8) is 0 Å². The number of ketones is 1. The number of rotatable bonds is 5. The van der Waals surface area contributed by atoms with E-state index >= 15 is 0 Å². The van der Waals surface area contributed by atoms with E-state index < -0.39 is 108 Å². The number of benzene rings is 1. The molecule has 2 fully saturated rings. The highest BCUT2D eigenvalue weighted by atomic mass is 35.5. The van der Waals surface area contributed by atoms with Crippen LogP contribution in [0.4, 0.5) is 0 Å². The number of aliphatic hydroxyl groups is 1. The fraction of sp³-hybridized carbons (Fsp3) is 0.683. The molecule has 3 aliphatic rings. The fourth-order valence-corrected chi connectivity index (χ4v) is 7.72. The average Bonchev–Trinajstić information content (AvgIpc) is 3.65. The zero-order valence-corrected chi connectivity index (χ0v) is 35.3. The van der Waals surface area contributed by atoms with Crippen LogP contribution in [0, 0.1) is 23.7 Å². The van der Waals surface area contributed by atoms with Gasteiger partial charge in [-0.1, -0.05) is 72.2 Å². The zero-order valence-electron chi connectivity index (χ0n) is 34.5. The zero-order chi connectivity index (χ0) is 41.6. The number of halogens is 1. The molecule has 16 heteroatoms. The fourth-order valence-electron chi connectivity index (χ4n) is 7.72. The molecule has 0 spiro atoms. The SMILES string of the molecule is CC[C@H](C)[C@H]1NC(=O)[C@@H]([NH3+])[C@@H](C)OC(=O)[C@@H]2Cc3ccccc3CN2C(=O)[C@@H]2CCCN2C(=O)[C@H](CC(C)C)NC(=O)[C@@H](C)C(=O)[C@H](C(C)C)OC(=O)C[C@@H]1O.[Cl-]. The quantitative estimate of drug-likeness (QED) is 0.191. The Balaban J connectivity index is 0.00000870. The molecule has 6 N–H and O–H groups in total. The average molecular weight is 820 g/mol. The molecule has 0 saturated carbocycles. The van der Waals surface area contributed by atoms with Crippen LogP contribution in [0.5, 0.6) is 0 Å². The predicted octanol–water partition coefficient (Wildman–Crippen LogP) is -1.92. The third-order valence-electron chi connectivity index (χ3n) is 11.5. The van der Waals surface area contributed by atoms with Gasteiger partial charge in [-0.15, -0.1) is 0 Å². The summed E-state index contributed by atoms with van der Waals surface area (Å²) in [6, 6.07) is 2.33. The molecular formula is C41H62ClN5O10. The summed E-state index contributed by atoms with van der Waals surface area (Å²) >= 11 is 0. The maximum absolute atomic E-state index is 14.6. The lowest BCUT2D eigenvalue weighted by Crippen LogP contribution is -3.00. The summed E-state index contributed by atoms with van der Waals surface area (Å²) in [6.07, 6.45) is -2.62. The van der Waals surface area contributed by atoms with Crippen molar-refractivity contribution in [2.45, 2.75) is 149 Å². The lowest BCUT2D eigenvalue weighted by Gasteiger charge is -2.39. The Bertz CT molecular complexity index is 1640. The van der Waals surface area contributed by atoms with Gasteiger partial charge in [0, 0.05) is 19.5 Å². The molecule has 0 unspecified atom stereocenters. The van der Waals surface area contributed by atoms with Gasteiger partial charge in [-0.2, -0.15) is 0 Å². The topological polar surface area (TPSA) is 216 Å². The van der Waals surface area contributed by atoms with Gasteiger partial charge < -0.3 is 53.2 Å². The number of carbonyl (C=O) groups excluding carboxylic acids is 7. The van der Waals surface area contributed by atoms with Crippen LogP contribution >= 0.6 is 0 Å². The summed E-state index contributed by atoms with van der Waals surface area (Å²) in [6.45, 7) is 14.0. The van der Waals surface area contributed by atoms with E-state index in [1.54, 1.807) is 20.8 Å². The van der Waals surface area contributed by atoms with E-state index in [4.69, 9.17) is 9.47 Å². The summed E-state index contributed by atoms with van der Waals surface area (Å²) in [7, 11) is 0. The number of esters is 2. The first-order valence-electron chi connectivity index (χ1n) is 20.1. The smallest absolute Gasteiger partial charge is 0.329 e. The molecule has 2 saturated heterocycles. The van der Waals surface area contributed by atoms with Crippen molar-refractivity contribution < 1.29 is 66.3 Å². The number of amides is 4. The number of ether oxygens (including phenoxy) is 2. The summed E-state index contributed by atoms with van der Waals surface area (Å²) in [5, 5.41) is 16.8. The number of hydrogen-bond donors (Lipinski definition) is 4. The summed E-state index contributed by atoms with van der Waals surface area (Å²) in [4.78, 5) is 100. The highest BCUT2D eigenvalue weighted by Gasteiger charge is 2.46. The lowest BCUT2D eigenvalue weighted by atomic mass is 9.91. The van der Waals surface area contributed by atoms with Gasteiger partial charge in [0.15, 0.2) is 18.0 Å². The molecule has 15 nitrogen and oxygen atoms in total. The molecule has 0 aliphatic carbocycles. The molecule has 1 aromatic carbocycles. The Kier molecular flexibility index (Phi) is 17.1. The van der Waals surface area contributed by atoms with E-state index in [1.165, 1.54) is 23.6 Å². The van der Waals surface area contributed by atoms with Crippen LogP contribution in [-0.4, -0.2) is 111 Å². The maximum atomic E-state index is 14.6. The first kappa shape index (κ1) is 47.3. The Labute approximate surface area is 341 Å². The highest BCUT2D eigenvalue weighted by molar-refractivity contribution is 6.05. The largest absolute Gasteiger partial charge is 1.00 e. The minimum absolute atomic E-state index is 0. The minimum atomic E-state index is -1.42. The third kappa shape index (κ3) is 11.3. The minimum Gasteiger partial charge on any atom is -1.00 e. The van der Waals surface area contributed by atoms with E-state index in [1.807, 2.05) is 45.0 Å². The van der Waals surface area contributed by atoms with Crippen LogP contribution in [0.3, 0.4) is 0 Å². The van der Waals surface area contributed by atoms with Gasteiger partial charge in [-0.3, -0.25) is 28.8 Å². The number of hydrogen-bond acceptors (Lipinski definition) is 10. The Morgan fingerprint density at radius 3 is 2.12 bits per heavy atom. The number of fused-ring (bicyclic) bond motifs is 3. The van der Waals surface area contributed by atoms with Crippen molar-refractivity contribution >= 4 is 41.4 Å². The molecule has 3 heterocycles. The maximum Gasteiger partial charge on any atom is 0.329 e. The Morgan fingerprint density at radius 1 is 0.860 bits per heavy atom. The van der Waals surface area contributed by atoms with Gasteiger partial charge >= 0.3 is 11.9 Å².